The van der Waals surface area contributed by atoms with Crippen molar-refractivity contribution in [3.8, 4) is 5.75 Å². The van der Waals surface area contributed by atoms with Gasteiger partial charge in [0.05, 0.1) is 5.75 Å². The van der Waals surface area contributed by atoms with Gasteiger partial charge in [0.2, 0.25) is 10.0 Å². The summed E-state index contributed by atoms with van der Waals surface area (Å²) in [5, 5.41) is 0. The van der Waals surface area contributed by atoms with Crippen molar-refractivity contribution >= 4 is 10.0 Å². The molecule has 0 atom stereocenters. The van der Waals surface area contributed by atoms with Gasteiger partial charge in [0, 0.05) is 37.0 Å². The predicted molar refractivity (Wildman–Crippen MR) is 81.9 cm³/mol. The number of aromatic nitrogens is 2. The van der Waals surface area contributed by atoms with E-state index in [-0.39, 0.29) is 12.4 Å². The van der Waals surface area contributed by atoms with Crippen LogP contribution in [0.15, 0.2) is 42.9 Å². The molecule has 6 nitrogen and oxygen atoms in total. The van der Waals surface area contributed by atoms with E-state index in [1.54, 1.807) is 18.3 Å². The van der Waals surface area contributed by atoms with Crippen LogP contribution in [0, 0.1) is 0 Å². The van der Waals surface area contributed by atoms with Gasteiger partial charge in [0.15, 0.2) is 0 Å². The molecule has 2 aromatic rings. The molecule has 0 amide bonds. The fraction of sp³-hybridized carbons (Fsp3) is 0.333. The molecule has 0 bridgehead atoms. The van der Waals surface area contributed by atoms with Gasteiger partial charge in [-0.1, -0.05) is 18.2 Å². The number of sulfonamides is 1. The van der Waals surface area contributed by atoms with Crippen molar-refractivity contribution in [3.63, 3.8) is 0 Å². The maximum atomic E-state index is 12.4. The first-order valence-corrected chi connectivity index (χ1v) is 8.69. The van der Waals surface area contributed by atoms with Crippen LogP contribution in [0.4, 0.5) is 0 Å². The Morgan fingerprint density at radius 1 is 1.23 bits per heavy atom. The molecule has 0 N–H and O–H groups in total. The first-order chi connectivity index (χ1) is 10.6. The van der Waals surface area contributed by atoms with Gasteiger partial charge in [-0.2, -0.15) is 4.31 Å². The highest BCUT2D eigenvalue weighted by Crippen LogP contribution is 2.18. The zero-order valence-electron chi connectivity index (χ0n) is 12.1. The van der Waals surface area contributed by atoms with E-state index < -0.39 is 10.0 Å². The van der Waals surface area contributed by atoms with Crippen LogP contribution in [0.3, 0.4) is 0 Å². The summed E-state index contributed by atoms with van der Waals surface area (Å²) >= 11 is 0. The summed E-state index contributed by atoms with van der Waals surface area (Å²) in [7, 11) is -3.34. The lowest BCUT2D eigenvalue weighted by molar-refractivity contribution is 0.330. The fourth-order valence-electron chi connectivity index (χ4n) is 2.39. The Bertz CT molecular complexity index is 735. The molecule has 0 fully saturated rings. The van der Waals surface area contributed by atoms with Gasteiger partial charge in [-0.3, -0.25) is 0 Å². The zero-order valence-corrected chi connectivity index (χ0v) is 12.9. The van der Waals surface area contributed by atoms with Gasteiger partial charge >= 0.3 is 0 Å². The number of nitrogens with zero attached hydrogens (tertiary/aromatic N) is 3. The molecule has 0 saturated heterocycles. The largest absolute Gasteiger partial charge is 0.492 e. The Labute approximate surface area is 129 Å². The average Bonchev–Trinajstić information content (AvgIpc) is 2.55. The molecule has 22 heavy (non-hydrogen) atoms. The van der Waals surface area contributed by atoms with Crippen molar-refractivity contribution in [1.82, 2.24) is 14.3 Å². The van der Waals surface area contributed by atoms with Crippen LogP contribution in [0.5, 0.6) is 5.75 Å². The molecule has 0 radical (unpaired) electrons. The molecule has 0 spiro atoms. The van der Waals surface area contributed by atoms with Crippen LogP contribution >= 0.6 is 0 Å². The molecule has 0 unspecified atom stereocenters. The highest BCUT2D eigenvalue weighted by Gasteiger charge is 2.27. The van der Waals surface area contributed by atoms with Gasteiger partial charge in [-0.05, 0) is 12.1 Å². The van der Waals surface area contributed by atoms with Gasteiger partial charge in [-0.15, -0.1) is 0 Å². The van der Waals surface area contributed by atoms with Crippen LogP contribution in [0.2, 0.25) is 0 Å². The maximum absolute atomic E-state index is 12.4. The quantitative estimate of drug-likeness (QED) is 0.829. The lowest BCUT2D eigenvalue weighted by atomic mass is 10.1. The Morgan fingerprint density at radius 3 is 2.86 bits per heavy atom. The van der Waals surface area contributed by atoms with Crippen molar-refractivity contribution < 1.29 is 13.2 Å². The molecule has 7 heteroatoms. The second-order valence-corrected chi connectivity index (χ2v) is 7.14. The average molecular weight is 319 g/mol. The minimum atomic E-state index is -3.34. The zero-order chi connectivity index (χ0) is 15.4. The van der Waals surface area contributed by atoms with Crippen LogP contribution in [-0.4, -0.2) is 41.6 Å². The summed E-state index contributed by atoms with van der Waals surface area (Å²) < 4.78 is 31.7. The predicted octanol–water partition coefficient (Wildman–Crippen LogP) is 1.24. The third-order valence-electron chi connectivity index (χ3n) is 3.57. The first kappa shape index (κ1) is 14.9. The van der Waals surface area contributed by atoms with E-state index in [0.717, 1.165) is 11.3 Å². The van der Waals surface area contributed by atoms with Gasteiger partial charge in [0.1, 0.15) is 18.7 Å². The Hall–Kier alpha value is -1.99. The summed E-state index contributed by atoms with van der Waals surface area (Å²) in [6.45, 7) is 0.933. The van der Waals surface area contributed by atoms with E-state index >= 15 is 0 Å². The SMILES string of the molecule is O=S(=O)(CCOc1ccccc1)N1CCc2ncncc2C1. The molecule has 2 heterocycles. The van der Waals surface area contributed by atoms with Crippen LogP contribution in [-0.2, 0) is 23.0 Å². The minimum Gasteiger partial charge on any atom is -0.492 e. The van der Waals surface area contributed by atoms with Gasteiger partial charge in [0.25, 0.3) is 0 Å². The van der Waals surface area contributed by atoms with E-state index in [4.69, 9.17) is 4.74 Å². The molecule has 116 valence electrons. The van der Waals surface area contributed by atoms with Crippen LogP contribution < -0.4 is 4.74 Å². The Balaban J connectivity index is 1.59. The van der Waals surface area contributed by atoms with Gasteiger partial charge < -0.3 is 4.74 Å². The lowest BCUT2D eigenvalue weighted by Crippen LogP contribution is -2.39. The Kier molecular flexibility index (Phi) is 4.35. The molecule has 1 aromatic heterocycles. The molecule has 1 aliphatic heterocycles. The summed E-state index contributed by atoms with van der Waals surface area (Å²) in [4.78, 5) is 8.14. The van der Waals surface area contributed by atoms with E-state index in [2.05, 4.69) is 9.97 Å². The van der Waals surface area contributed by atoms with Crippen LogP contribution in [0.1, 0.15) is 11.3 Å². The normalized spacial score (nSPS) is 15.3. The fourth-order valence-corrected chi connectivity index (χ4v) is 3.65. The molecule has 0 saturated carbocycles. The number of rotatable bonds is 5. The monoisotopic (exact) mass is 319 g/mol. The first-order valence-electron chi connectivity index (χ1n) is 7.08. The molecular weight excluding hydrogens is 302 g/mol. The van der Waals surface area contributed by atoms with E-state index in [9.17, 15) is 8.42 Å². The number of fused-ring (bicyclic) bond motifs is 1. The van der Waals surface area contributed by atoms with Gasteiger partial charge in [-0.25, -0.2) is 18.4 Å². The molecular formula is C15H17N3O3S. The van der Waals surface area contributed by atoms with Crippen molar-refractivity contribution in [2.24, 2.45) is 0 Å². The highest BCUT2D eigenvalue weighted by atomic mass is 32.2. The third-order valence-corrected chi connectivity index (χ3v) is 5.35. The summed E-state index contributed by atoms with van der Waals surface area (Å²) in [6.07, 6.45) is 3.80. The number of hydrogen-bond acceptors (Lipinski definition) is 5. The smallest absolute Gasteiger partial charge is 0.217 e. The lowest BCUT2D eigenvalue weighted by Gasteiger charge is -2.27. The second kappa shape index (κ2) is 6.41. The van der Waals surface area contributed by atoms with E-state index in [1.165, 1.54) is 10.6 Å². The van der Waals surface area contributed by atoms with Crippen molar-refractivity contribution in [1.29, 1.82) is 0 Å². The molecule has 0 aliphatic carbocycles. The standard InChI is InChI=1S/C15H17N3O3S/c19-22(20,9-8-21-14-4-2-1-3-5-14)18-7-6-15-13(11-18)10-16-12-17-15/h1-5,10,12H,6-9,11H2. The third kappa shape index (κ3) is 3.42. The number of benzene rings is 1. The van der Waals surface area contributed by atoms with E-state index in [0.29, 0.717) is 25.3 Å². The van der Waals surface area contributed by atoms with Crippen molar-refractivity contribution in [2.75, 3.05) is 18.9 Å². The topological polar surface area (TPSA) is 72.4 Å². The van der Waals surface area contributed by atoms with Crippen molar-refractivity contribution in [3.05, 3.63) is 54.1 Å². The molecule has 3 rings (SSSR count). The summed E-state index contributed by atoms with van der Waals surface area (Å²) in [5.41, 5.74) is 1.81. The van der Waals surface area contributed by atoms with E-state index in [1.807, 2.05) is 18.2 Å². The highest BCUT2D eigenvalue weighted by molar-refractivity contribution is 7.89. The maximum Gasteiger partial charge on any atom is 0.217 e. The van der Waals surface area contributed by atoms with Crippen LogP contribution in [0.25, 0.3) is 0 Å². The minimum absolute atomic E-state index is 0.0368. The second-order valence-electron chi connectivity index (χ2n) is 5.06. The Morgan fingerprint density at radius 2 is 2.05 bits per heavy atom. The van der Waals surface area contributed by atoms with Crippen molar-refractivity contribution in [2.45, 2.75) is 13.0 Å². The molecule has 1 aromatic carbocycles. The number of hydrogen-bond donors (Lipinski definition) is 0. The summed E-state index contributed by atoms with van der Waals surface area (Å²) in [5.74, 6) is 0.639. The summed E-state index contributed by atoms with van der Waals surface area (Å²) in [6, 6.07) is 9.20. The number of ether oxygens (including phenoxy) is 1. The molecule has 1 aliphatic rings. The number of para-hydroxylation sites is 1.